The van der Waals surface area contributed by atoms with Gasteiger partial charge < -0.3 is 9.47 Å². The predicted molar refractivity (Wildman–Crippen MR) is 108 cm³/mol. The Morgan fingerprint density at radius 3 is 2.12 bits per heavy atom. The molecule has 0 aromatic rings. The standard InChI is InChI=1S/C22H41NO3/c1-8-10-11-12-13-14-15-25-20(24)19(9-2)26-18-16-21(3,4)23(7)22(5,6)17-18/h9,18H,8,10-17H2,1-7H3. The van der Waals surface area contributed by atoms with Crippen LogP contribution < -0.4 is 0 Å². The third kappa shape index (κ3) is 6.94. The fourth-order valence-electron chi connectivity index (χ4n) is 3.89. The number of carbonyl (C=O) groups is 1. The first kappa shape index (κ1) is 23.0. The van der Waals surface area contributed by atoms with E-state index >= 15 is 0 Å². The largest absolute Gasteiger partial charge is 0.483 e. The highest BCUT2D eigenvalue weighted by molar-refractivity contribution is 5.86. The van der Waals surface area contributed by atoms with Crippen molar-refractivity contribution in [2.24, 2.45) is 0 Å². The van der Waals surface area contributed by atoms with Crippen LogP contribution in [0.25, 0.3) is 0 Å². The molecule has 0 radical (unpaired) electrons. The maximum Gasteiger partial charge on any atom is 0.373 e. The Kier molecular flexibility index (Phi) is 9.15. The Morgan fingerprint density at radius 1 is 1.04 bits per heavy atom. The molecule has 1 saturated heterocycles. The van der Waals surface area contributed by atoms with Crippen molar-refractivity contribution >= 4 is 5.97 Å². The molecule has 0 spiro atoms. The average Bonchev–Trinajstić information content (AvgIpc) is 2.56. The van der Waals surface area contributed by atoms with Gasteiger partial charge in [-0.3, -0.25) is 4.90 Å². The Morgan fingerprint density at radius 2 is 1.58 bits per heavy atom. The van der Waals surface area contributed by atoms with Crippen LogP contribution in [0, 0.1) is 0 Å². The van der Waals surface area contributed by atoms with Gasteiger partial charge in [0.05, 0.1) is 6.61 Å². The molecule has 4 nitrogen and oxygen atoms in total. The van der Waals surface area contributed by atoms with E-state index in [1.807, 2.05) is 6.92 Å². The molecule has 26 heavy (non-hydrogen) atoms. The Balaban J connectivity index is 2.45. The van der Waals surface area contributed by atoms with Gasteiger partial charge in [-0.1, -0.05) is 39.0 Å². The van der Waals surface area contributed by atoms with Crippen molar-refractivity contribution < 1.29 is 14.3 Å². The van der Waals surface area contributed by atoms with Crippen LogP contribution in [0.5, 0.6) is 0 Å². The van der Waals surface area contributed by atoms with Crippen LogP contribution in [0.2, 0.25) is 0 Å². The first-order valence-electron chi connectivity index (χ1n) is 10.4. The zero-order valence-corrected chi connectivity index (χ0v) is 18.2. The SMILES string of the molecule is CC=C(OC1CC(C)(C)N(C)C(C)(C)C1)C(=O)OCCCCCCCC. The fraction of sp³-hybridized carbons (Fsp3) is 0.864. The minimum atomic E-state index is -0.324. The van der Waals surface area contributed by atoms with Crippen molar-refractivity contribution in [3.8, 4) is 0 Å². The van der Waals surface area contributed by atoms with E-state index in [0.717, 1.165) is 25.7 Å². The van der Waals surface area contributed by atoms with Gasteiger partial charge in [-0.15, -0.1) is 0 Å². The lowest BCUT2D eigenvalue weighted by Gasteiger charge is -2.53. The number of rotatable bonds is 10. The van der Waals surface area contributed by atoms with Gasteiger partial charge in [0.25, 0.3) is 0 Å². The molecule has 0 bridgehead atoms. The molecule has 1 aliphatic rings. The number of hydrogen-bond acceptors (Lipinski definition) is 4. The van der Waals surface area contributed by atoms with E-state index < -0.39 is 0 Å². The van der Waals surface area contributed by atoms with Crippen molar-refractivity contribution in [3.05, 3.63) is 11.8 Å². The summed E-state index contributed by atoms with van der Waals surface area (Å²) < 4.78 is 11.5. The van der Waals surface area contributed by atoms with Crippen LogP contribution in [0.3, 0.4) is 0 Å². The van der Waals surface area contributed by atoms with E-state index in [9.17, 15) is 4.79 Å². The number of carbonyl (C=O) groups excluding carboxylic acids is 1. The normalized spacial score (nSPS) is 20.8. The zero-order chi connectivity index (χ0) is 19.8. The van der Waals surface area contributed by atoms with Crippen molar-refractivity contribution in [2.75, 3.05) is 13.7 Å². The van der Waals surface area contributed by atoms with Crippen LogP contribution >= 0.6 is 0 Å². The second-order valence-electron chi connectivity index (χ2n) is 8.89. The third-order valence-corrected chi connectivity index (χ3v) is 5.76. The summed E-state index contributed by atoms with van der Waals surface area (Å²) in [7, 11) is 2.17. The summed E-state index contributed by atoms with van der Waals surface area (Å²) in [4.78, 5) is 14.8. The monoisotopic (exact) mass is 367 g/mol. The van der Waals surface area contributed by atoms with E-state index in [4.69, 9.17) is 9.47 Å². The highest BCUT2D eigenvalue weighted by Gasteiger charge is 2.44. The highest BCUT2D eigenvalue weighted by Crippen LogP contribution is 2.38. The molecule has 152 valence electrons. The molecule has 1 heterocycles. The summed E-state index contributed by atoms with van der Waals surface area (Å²) in [6.45, 7) is 13.5. The summed E-state index contributed by atoms with van der Waals surface area (Å²) in [6, 6.07) is 0. The summed E-state index contributed by atoms with van der Waals surface area (Å²) in [6.07, 6.45) is 10.7. The van der Waals surface area contributed by atoms with Crippen molar-refractivity contribution in [1.29, 1.82) is 0 Å². The maximum atomic E-state index is 12.3. The quantitative estimate of drug-likeness (QED) is 0.222. The summed E-state index contributed by atoms with van der Waals surface area (Å²) in [5.74, 6) is 0.0349. The van der Waals surface area contributed by atoms with Gasteiger partial charge in [0.15, 0.2) is 0 Å². The van der Waals surface area contributed by atoms with Crippen LogP contribution in [0.4, 0.5) is 0 Å². The number of hydrogen-bond donors (Lipinski definition) is 0. The maximum absolute atomic E-state index is 12.3. The number of nitrogens with zero attached hydrogens (tertiary/aromatic N) is 1. The van der Waals surface area contributed by atoms with Gasteiger partial charge in [0.2, 0.25) is 5.76 Å². The highest BCUT2D eigenvalue weighted by atomic mass is 16.6. The second-order valence-corrected chi connectivity index (χ2v) is 8.89. The minimum absolute atomic E-state index is 0.0315. The number of piperidine rings is 1. The number of likely N-dealkylation sites (tertiary alicyclic amines) is 1. The van der Waals surface area contributed by atoms with Crippen LogP contribution in [-0.4, -0.2) is 41.7 Å². The van der Waals surface area contributed by atoms with Crippen LogP contribution in [-0.2, 0) is 14.3 Å². The molecule has 0 unspecified atom stereocenters. The number of esters is 1. The Hall–Kier alpha value is -1.03. The molecule has 0 saturated carbocycles. The van der Waals surface area contributed by atoms with E-state index in [0.29, 0.717) is 12.4 Å². The van der Waals surface area contributed by atoms with Crippen molar-refractivity contribution in [2.45, 2.75) is 110 Å². The summed E-state index contributed by atoms with van der Waals surface area (Å²) >= 11 is 0. The fourth-order valence-corrected chi connectivity index (χ4v) is 3.89. The van der Waals surface area contributed by atoms with Gasteiger partial charge in [0, 0.05) is 23.9 Å². The molecule has 1 rings (SSSR count). The van der Waals surface area contributed by atoms with Gasteiger partial charge in [0.1, 0.15) is 6.10 Å². The molecule has 1 fully saturated rings. The molecule has 4 heteroatoms. The smallest absolute Gasteiger partial charge is 0.373 e. The number of unbranched alkanes of at least 4 members (excludes halogenated alkanes) is 5. The summed E-state index contributed by atoms with van der Waals surface area (Å²) in [5, 5.41) is 0. The van der Waals surface area contributed by atoms with Crippen LogP contribution in [0.15, 0.2) is 11.8 Å². The predicted octanol–water partition coefficient (Wildman–Crippen LogP) is 5.46. The third-order valence-electron chi connectivity index (χ3n) is 5.76. The van der Waals surface area contributed by atoms with E-state index in [1.54, 1.807) is 6.08 Å². The first-order chi connectivity index (χ1) is 12.1. The zero-order valence-electron chi connectivity index (χ0n) is 18.2. The average molecular weight is 368 g/mol. The second kappa shape index (κ2) is 10.3. The molecule has 0 aliphatic carbocycles. The van der Waals surface area contributed by atoms with Crippen LogP contribution in [0.1, 0.15) is 92.9 Å². The molecule has 1 aliphatic heterocycles. The summed E-state index contributed by atoms with van der Waals surface area (Å²) in [5.41, 5.74) is 0.0708. The number of ether oxygens (including phenoxy) is 2. The van der Waals surface area contributed by atoms with Gasteiger partial charge in [-0.2, -0.15) is 0 Å². The van der Waals surface area contributed by atoms with E-state index in [2.05, 4.69) is 46.6 Å². The Bertz CT molecular complexity index is 450. The molecular formula is C22H41NO3. The van der Waals surface area contributed by atoms with Gasteiger partial charge in [-0.25, -0.2) is 4.79 Å². The minimum Gasteiger partial charge on any atom is -0.483 e. The first-order valence-corrected chi connectivity index (χ1v) is 10.4. The lowest BCUT2D eigenvalue weighted by Crippen LogP contribution is -2.60. The lowest BCUT2D eigenvalue weighted by atomic mass is 9.79. The van der Waals surface area contributed by atoms with Gasteiger partial charge >= 0.3 is 5.97 Å². The van der Waals surface area contributed by atoms with E-state index in [1.165, 1.54) is 25.7 Å². The number of allylic oxidation sites excluding steroid dienone is 1. The van der Waals surface area contributed by atoms with Crippen molar-refractivity contribution in [1.82, 2.24) is 4.90 Å². The molecule has 0 atom stereocenters. The molecule has 0 aromatic carbocycles. The Labute approximate surface area is 161 Å². The van der Waals surface area contributed by atoms with Crippen molar-refractivity contribution in [3.63, 3.8) is 0 Å². The molecule has 0 aromatic heterocycles. The molecule has 0 amide bonds. The van der Waals surface area contributed by atoms with Gasteiger partial charge in [-0.05, 0) is 54.2 Å². The van der Waals surface area contributed by atoms with E-state index in [-0.39, 0.29) is 23.2 Å². The topological polar surface area (TPSA) is 38.8 Å². The molecule has 0 N–H and O–H groups in total. The lowest BCUT2D eigenvalue weighted by molar-refractivity contribution is -0.147. The molecular weight excluding hydrogens is 326 g/mol.